The fourth-order valence-electron chi connectivity index (χ4n) is 3.98. The van der Waals surface area contributed by atoms with Gasteiger partial charge in [-0.05, 0) is 53.5 Å². The predicted molar refractivity (Wildman–Crippen MR) is 102 cm³/mol. The average Bonchev–Trinajstić information content (AvgIpc) is 3.49. The van der Waals surface area contributed by atoms with Crippen molar-refractivity contribution in [2.75, 3.05) is 7.05 Å². The molecule has 0 saturated heterocycles. The first-order valence-corrected chi connectivity index (χ1v) is 9.44. The maximum Gasteiger partial charge on any atom is 0.249 e. The van der Waals surface area contributed by atoms with Crippen molar-refractivity contribution in [1.82, 2.24) is 10.2 Å². The van der Waals surface area contributed by atoms with Gasteiger partial charge in [0.1, 0.15) is 11.8 Å². The molecule has 1 saturated carbocycles. The minimum atomic E-state index is -0.618. The molecular weight excluding hydrogens is 340 g/mol. The Morgan fingerprint density at radius 1 is 1.19 bits per heavy atom. The highest BCUT2D eigenvalue weighted by Gasteiger charge is 2.36. The first-order chi connectivity index (χ1) is 13.0. The standard InChI is InChI=1S/C22H24N2O3/c1-24-13-16-4-2-3-5-18(16)21(22(24)27)23-20(26)12-19(14-6-7-14)15-8-10-17(25)11-9-15/h2-5,8-11,14,19,21,25H,6-7,12-13H2,1H3,(H,23,26). The highest BCUT2D eigenvalue weighted by atomic mass is 16.3. The van der Waals surface area contributed by atoms with Gasteiger partial charge in [-0.2, -0.15) is 0 Å². The first-order valence-electron chi connectivity index (χ1n) is 9.44. The first kappa shape index (κ1) is 17.6. The third-order valence-corrected chi connectivity index (χ3v) is 5.62. The van der Waals surface area contributed by atoms with Crippen molar-refractivity contribution in [3.63, 3.8) is 0 Å². The molecule has 0 spiro atoms. The van der Waals surface area contributed by atoms with E-state index in [0.717, 1.165) is 29.5 Å². The number of phenols is 1. The number of nitrogens with one attached hydrogen (secondary N) is 1. The van der Waals surface area contributed by atoms with Crippen LogP contribution < -0.4 is 5.32 Å². The molecule has 2 unspecified atom stereocenters. The number of nitrogens with zero attached hydrogens (tertiary/aromatic N) is 1. The second-order valence-corrected chi connectivity index (χ2v) is 7.63. The molecule has 2 aliphatic rings. The zero-order valence-corrected chi connectivity index (χ0v) is 15.4. The molecule has 2 atom stereocenters. The highest BCUT2D eigenvalue weighted by Crippen LogP contribution is 2.44. The number of fused-ring (bicyclic) bond motifs is 1. The lowest BCUT2D eigenvalue weighted by molar-refractivity contribution is -0.137. The number of carbonyl (C=O) groups excluding carboxylic acids is 2. The summed E-state index contributed by atoms with van der Waals surface area (Å²) in [5.41, 5.74) is 3.03. The predicted octanol–water partition coefficient (Wildman–Crippen LogP) is 3.11. The van der Waals surface area contributed by atoms with E-state index < -0.39 is 6.04 Å². The van der Waals surface area contributed by atoms with Gasteiger partial charge in [0.05, 0.1) is 0 Å². The number of hydrogen-bond acceptors (Lipinski definition) is 3. The van der Waals surface area contributed by atoms with Crippen molar-refractivity contribution in [2.45, 2.75) is 37.8 Å². The zero-order chi connectivity index (χ0) is 19.0. The Kier molecular flexibility index (Phi) is 4.60. The molecule has 0 aromatic heterocycles. The Balaban J connectivity index is 1.51. The molecule has 4 rings (SSSR count). The van der Waals surface area contributed by atoms with Gasteiger partial charge in [-0.3, -0.25) is 9.59 Å². The van der Waals surface area contributed by atoms with Gasteiger partial charge in [0.15, 0.2) is 0 Å². The van der Waals surface area contributed by atoms with E-state index in [0.29, 0.717) is 18.9 Å². The van der Waals surface area contributed by atoms with E-state index in [1.54, 1.807) is 24.1 Å². The van der Waals surface area contributed by atoms with E-state index in [1.165, 1.54) is 0 Å². The maximum atomic E-state index is 12.8. The average molecular weight is 364 g/mol. The van der Waals surface area contributed by atoms with Gasteiger partial charge in [0.25, 0.3) is 0 Å². The number of amides is 2. The molecule has 2 aromatic carbocycles. The van der Waals surface area contributed by atoms with Gasteiger partial charge in [0.2, 0.25) is 11.8 Å². The second-order valence-electron chi connectivity index (χ2n) is 7.63. The summed E-state index contributed by atoms with van der Waals surface area (Å²) in [7, 11) is 1.76. The van der Waals surface area contributed by atoms with Gasteiger partial charge >= 0.3 is 0 Å². The van der Waals surface area contributed by atoms with Crippen molar-refractivity contribution >= 4 is 11.8 Å². The zero-order valence-electron chi connectivity index (χ0n) is 15.4. The van der Waals surface area contributed by atoms with Crippen LogP contribution in [0.4, 0.5) is 0 Å². The smallest absolute Gasteiger partial charge is 0.249 e. The Morgan fingerprint density at radius 3 is 2.59 bits per heavy atom. The maximum absolute atomic E-state index is 12.8. The molecule has 1 aliphatic heterocycles. The minimum Gasteiger partial charge on any atom is -0.508 e. The molecule has 2 N–H and O–H groups in total. The van der Waals surface area contributed by atoms with E-state index >= 15 is 0 Å². The van der Waals surface area contributed by atoms with Gasteiger partial charge in [0, 0.05) is 20.0 Å². The lowest BCUT2D eigenvalue weighted by Gasteiger charge is -2.32. The quantitative estimate of drug-likeness (QED) is 0.856. The fraction of sp³-hybridized carbons (Fsp3) is 0.364. The van der Waals surface area contributed by atoms with E-state index in [1.807, 2.05) is 36.4 Å². The van der Waals surface area contributed by atoms with Gasteiger partial charge in [-0.25, -0.2) is 0 Å². The summed E-state index contributed by atoms with van der Waals surface area (Å²) in [6, 6.07) is 14.3. The van der Waals surface area contributed by atoms with Gasteiger partial charge < -0.3 is 15.3 Å². The lowest BCUT2D eigenvalue weighted by atomic mass is 9.90. The number of carbonyl (C=O) groups is 2. The Morgan fingerprint density at radius 2 is 1.89 bits per heavy atom. The molecule has 1 fully saturated rings. The molecule has 0 bridgehead atoms. The SMILES string of the molecule is CN1Cc2ccccc2C(NC(=O)CC(c2ccc(O)cc2)C2CC2)C1=O. The van der Waals surface area contributed by atoms with Crippen LogP contribution in [0.2, 0.25) is 0 Å². The van der Waals surface area contributed by atoms with E-state index in [-0.39, 0.29) is 23.5 Å². The summed E-state index contributed by atoms with van der Waals surface area (Å²) in [6.45, 7) is 0.569. The van der Waals surface area contributed by atoms with E-state index in [4.69, 9.17) is 0 Å². The van der Waals surface area contributed by atoms with E-state index in [9.17, 15) is 14.7 Å². The Bertz CT molecular complexity index is 858. The Labute approximate surface area is 159 Å². The molecule has 140 valence electrons. The van der Waals surface area contributed by atoms with Crippen LogP contribution in [0.25, 0.3) is 0 Å². The number of hydrogen-bond donors (Lipinski definition) is 2. The lowest BCUT2D eigenvalue weighted by Crippen LogP contribution is -2.45. The number of rotatable bonds is 5. The van der Waals surface area contributed by atoms with Crippen molar-refractivity contribution in [2.24, 2.45) is 5.92 Å². The number of phenolic OH excluding ortho intramolecular Hbond substituents is 1. The van der Waals surface area contributed by atoms with Gasteiger partial charge in [-0.15, -0.1) is 0 Å². The second kappa shape index (κ2) is 7.06. The number of aromatic hydroxyl groups is 1. The van der Waals surface area contributed by atoms with Crippen LogP contribution in [0.3, 0.4) is 0 Å². The summed E-state index contributed by atoms with van der Waals surface area (Å²) in [5.74, 6) is 0.665. The Hall–Kier alpha value is -2.82. The molecule has 2 amide bonds. The molecule has 27 heavy (non-hydrogen) atoms. The summed E-state index contributed by atoms with van der Waals surface area (Å²) < 4.78 is 0. The number of likely N-dealkylation sites (N-methyl/N-ethyl adjacent to an activating group) is 1. The summed E-state index contributed by atoms with van der Waals surface area (Å²) in [5, 5.41) is 12.5. The molecule has 1 heterocycles. The topological polar surface area (TPSA) is 69.6 Å². The van der Waals surface area contributed by atoms with Crippen molar-refractivity contribution < 1.29 is 14.7 Å². The summed E-state index contributed by atoms with van der Waals surface area (Å²) >= 11 is 0. The van der Waals surface area contributed by atoms with E-state index in [2.05, 4.69) is 5.32 Å². The van der Waals surface area contributed by atoms with Crippen LogP contribution in [0.1, 0.15) is 47.9 Å². The molecule has 2 aromatic rings. The van der Waals surface area contributed by atoms with Crippen molar-refractivity contribution in [1.29, 1.82) is 0 Å². The largest absolute Gasteiger partial charge is 0.508 e. The van der Waals surface area contributed by atoms with Crippen LogP contribution in [0.5, 0.6) is 5.75 Å². The highest BCUT2D eigenvalue weighted by molar-refractivity contribution is 5.90. The van der Waals surface area contributed by atoms with Crippen LogP contribution in [-0.2, 0) is 16.1 Å². The molecule has 5 heteroatoms. The molecule has 1 aliphatic carbocycles. The summed E-state index contributed by atoms with van der Waals surface area (Å²) in [4.78, 5) is 27.1. The summed E-state index contributed by atoms with van der Waals surface area (Å²) in [6.07, 6.45) is 2.59. The van der Waals surface area contributed by atoms with Crippen molar-refractivity contribution in [3.8, 4) is 5.75 Å². The van der Waals surface area contributed by atoms with Crippen LogP contribution in [0, 0.1) is 5.92 Å². The van der Waals surface area contributed by atoms with Crippen LogP contribution in [0.15, 0.2) is 48.5 Å². The normalized spacial score (nSPS) is 20.1. The molecule has 5 nitrogen and oxygen atoms in total. The molecule has 0 radical (unpaired) electrons. The van der Waals surface area contributed by atoms with Crippen LogP contribution >= 0.6 is 0 Å². The monoisotopic (exact) mass is 364 g/mol. The number of benzene rings is 2. The third-order valence-electron chi connectivity index (χ3n) is 5.62. The fourth-order valence-corrected chi connectivity index (χ4v) is 3.98. The van der Waals surface area contributed by atoms with Crippen LogP contribution in [-0.4, -0.2) is 28.9 Å². The minimum absolute atomic E-state index is 0.0744. The van der Waals surface area contributed by atoms with Gasteiger partial charge in [-0.1, -0.05) is 36.4 Å². The van der Waals surface area contributed by atoms with Crippen molar-refractivity contribution in [3.05, 3.63) is 65.2 Å². The third kappa shape index (κ3) is 3.68. The molecular formula is C22H24N2O3.